The van der Waals surface area contributed by atoms with Crippen molar-refractivity contribution in [2.45, 2.75) is 38.1 Å². The summed E-state index contributed by atoms with van der Waals surface area (Å²) < 4.78 is 1.55. The Balaban J connectivity index is 1.89. The molecule has 0 saturated carbocycles. The average molecular weight is 256 g/mol. The van der Waals surface area contributed by atoms with Gasteiger partial charge in [-0.15, -0.1) is 0 Å². The Labute approximate surface area is 106 Å². The summed E-state index contributed by atoms with van der Waals surface area (Å²) in [5, 5.41) is 7.87. The zero-order valence-corrected chi connectivity index (χ0v) is 10.8. The summed E-state index contributed by atoms with van der Waals surface area (Å²) >= 11 is 5.94. The van der Waals surface area contributed by atoms with Crippen LogP contribution >= 0.6 is 11.6 Å². The number of nitrogens with one attached hydrogen (secondary N) is 1. The second kappa shape index (κ2) is 5.65. The molecule has 0 aliphatic carbocycles. The van der Waals surface area contributed by atoms with Crippen LogP contribution in [0.15, 0.2) is 6.20 Å². The summed E-state index contributed by atoms with van der Waals surface area (Å²) in [5.74, 6) is 0.0855. The molecule has 94 valence electrons. The molecule has 1 saturated heterocycles. The molecular formula is C12H18ClN3O. The third-order valence-electron chi connectivity index (χ3n) is 3.29. The molecule has 1 aliphatic rings. The Hall–Kier alpha value is -0.870. The molecule has 0 amide bonds. The Morgan fingerprint density at radius 1 is 1.65 bits per heavy atom. The van der Waals surface area contributed by atoms with Gasteiger partial charge in [-0.25, -0.2) is 0 Å². The molecule has 1 atom stereocenters. The first-order chi connectivity index (χ1) is 8.18. The van der Waals surface area contributed by atoms with Crippen LogP contribution < -0.4 is 5.32 Å². The number of ketones is 1. The summed E-state index contributed by atoms with van der Waals surface area (Å²) in [4.78, 5) is 12.0. The molecular weight excluding hydrogens is 238 g/mol. The van der Waals surface area contributed by atoms with Gasteiger partial charge in [0.15, 0.2) is 5.78 Å². The minimum atomic E-state index is 0.0855. The van der Waals surface area contributed by atoms with Gasteiger partial charge in [0.2, 0.25) is 0 Å². The molecule has 0 bridgehead atoms. The number of piperidine rings is 1. The van der Waals surface area contributed by atoms with E-state index in [-0.39, 0.29) is 5.78 Å². The smallest absolute Gasteiger partial charge is 0.182 e. The molecule has 5 heteroatoms. The van der Waals surface area contributed by atoms with Gasteiger partial charge in [-0.1, -0.05) is 18.0 Å². The quantitative estimate of drug-likeness (QED) is 0.839. The maximum atomic E-state index is 12.0. The average Bonchev–Trinajstić information content (AvgIpc) is 2.67. The molecule has 2 heterocycles. The SMILES string of the molecule is Cn1ncc(Cl)c1C(=O)CCC1CCCCN1. The monoisotopic (exact) mass is 255 g/mol. The minimum absolute atomic E-state index is 0.0855. The summed E-state index contributed by atoms with van der Waals surface area (Å²) in [6.07, 6.45) is 6.63. The van der Waals surface area contributed by atoms with Crippen molar-refractivity contribution in [3.05, 3.63) is 16.9 Å². The highest BCUT2D eigenvalue weighted by atomic mass is 35.5. The highest BCUT2D eigenvalue weighted by molar-refractivity contribution is 6.33. The molecule has 1 aromatic heterocycles. The molecule has 1 N–H and O–H groups in total. The van der Waals surface area contributed by atoms with Crippen LogP contribution in [0.25, 0.3) is 0 Å². The fourth-order valence-corrected chi connectivity index (χ4v) is 2.59. The van der Waals surface area contributed by atoms with E-state index in [4.69, 9.17) is 11.6 Å². The highest BCUT2D eigenvalue weighted by Crippen LogP contribution is 2.18. The number of hydrogen-bond donors (Lipinski definition) is 1. The first-order valence-electron chi connectivity index (χ1n) is 6.12. The summed E-state index contributed by atoms with van der Waals surface area (Å²) in [5.41, 5.74) is 0.530. The lowest BCUT2D eigenvalue weighted by molar-refractivity contribution is 0.0965. The Bertz CT molecular complexity index is 377. The second-order valence-corrected chi connectivity index (χ2v) is 4.98. The van der Waals surface area contributed by atoms with Crippen molar-refractivity contribution in [3.63, 3.8) is 0 Å². The van der Waals surface area contributed by atoms with Gasteiger partial charge in [-0.2, -0.15) is 5.10 Å². The number of halogens is 1. The van der Waals surface area contributed by atoms with E-state index in [2.05, 4.69) is 10.4 Å². The standard InChI is InChI=1S/C12H18ClN3O/c1-16-12(10(13)8-15-16)11(17)6-5-9-4-2-3-7-14-9/h8-9,14H,2-7H2,1H3. The Kier molecular flexibility index (Phi) is 4.18. The first kappa shape index (κ1) is 12.6. The lowest BCUT2D eigenvalue weighted by Crippen LogP contribution is -2.34. The van der Waals surface area contributed by atoms with Crippen LogP contribution in [-0.4, -0.2) is 28.2 Å². The van der Waals surface area contributed by atoms with E-state index in [1.165, 1.54) is 25.5 Å². The van der Waals surface area contributed by atoms with Crippen LogP contribution in [0.2, 0.25) is 5.02 Å². The van der Waals surface area contributed by atoms with Gasteiger partial charge in [-0.3, -0.25) is 9.48 Å². The van der Waals surface area contributed by atoms with Crippen LogP contribution in [0, 0.1) is 0 Å². The van der Waals surface area contributed by atoms with Crippen molar-refractivity contribution in [1.82, 2.24) is 15.1 Å². The molecule has 4 nitrogen and oxygen atoms in total. The van der Waals surface area contributed by atoms with E-state index in [9.17, 15) is 4.79 Å². The van der Waals surface area contributed by atoms with Crippen molar-refractivity contribution in [2.75, 3.05) is 6.54 Å². The predicted octanol–water partition coefficient (Wildman–Crippen LogP) is 2.18. The van der Waals surface area contributed by atoms with Crippen LogP contribution in [0.4, 0.5) is 0 Å². The largest absolute Gasteiger partial charge is 0.314 e. The molecule has 1 aliphatic heterocycles. The minimum Gasteiger partial charge on any atom is -0.314 e. The molecule has 2 rings (SSSR count). The molecule has 1 unspecified atom stereocenters. The Morgan fingerprint density at radius 2 is 2.47 bits per heavy atom. The molecule has 0 spiro atoms. The zero-order chi connectivity index (χ0) is 12.3. The molecule has 0 aromatic carbocycles. The fourth-order valence-electron chi connectivity index (χ4n) is 2.32. The van der Waals surface area contributed by atoms with E-state index < -0.39 is 0 Å². The summed E-state index contributed by atoms with van der Waals surface area (Å²) in [6, 6.07) is 0.486. The van der Waals surface area contributed by atoms with Gasteiger partial charge in [0, 0.05) is 19.5 Å². The van der Waals surface area contributed by atoms with Crippen LogP contribution in [-0.2, 0) is 7.05 Å². The number of aryl methyl sites for hydroxylation is 1. The number of aromatic nitrogens is 2. The molecule has 17 heavy (non-hydrogen) atoms. The van der Waals surface area contributed by atoms with Crippen molar-refractivity contribution < 1.29 is 4.79 Å². The maximum absolute atomic E-state index is 12.0. The lowest BCUT2D eigenvalue weighted by atomic mass is 9.99. The number of nitrogens with zero attached hydrogens (tertiary/aromatic N) is 2. The number of carbonyl (C=O) groups excluding carboxylic acids is 1. The topological polar surface area (TPSA) is 46.9 Å². The van der Waals surface area contributed by atoms with Crippen LogP contribution in [0.1, 0.15) is 42.6 Å². The van der Waals surface area contributed by atoms with E-state index in [0.29, 0.717) is 23.2 Å². The maximum Gasteiger partial charge on any atom is 0.182 e. The van der Waals surface area contributed by atoms with Crippen molar-refractivity contribution in [2.24, 2.45) is 7.05 Å². The number of carbonyl (C=O) groups is 1. The molecule has 0 radical (unpaired) electrons. The van der Waals surface area contributed by atoms with E-state index >= 15 is 0 Å². The van der Waals surface area contributed by atoms with Crippen molar-refractivity contribution in [3.8, 4) is 0 Å². The lowest BCUT2D eigenvalue weighted by Gasteiger charge is -2.22. The van der Waals surface area contributed by atoms with Gasteiger partial charge < -0.3 is 5.32 Å². The number of rotatable bonds is 4. The van der Waals surface area contributed by atoms with E-state index in [1.54, 1.807) is 11.7 Å². The number of Topliss-reactive ketones (excluding diaryl/α,β-unsaturated/α-hetero) is 1. The molecule has 1 fully saturated rings. The van der Waals surface area contributed by atoms with Crippen molar-refractivity contribution >= 4 is 17.4 Å². The van der Waals surface area contributed by atoms with Crippen LogP contribution in [0.5, 0.6) is 0 Å². The highest BCUT2D eigenvalue weighted by Gasteiger charge is 2.18. The third-order valence-corrected chi connectivity index (χ3v) is 3.57. The van der Waals surface area contributed by atoms with Crippen molar-refractivity contribution in [1.29, 1.82) is 0 Å². The third kappa shape index (κ3) is 3.07. The van der Waals surface area contributed by atoms with E-state index in [1.807, 2.05) is 0 Å². The van der Waals surface area contributed by atoms with Gasteiger partial charge in [0.05, 0.1) is 11.2 Å². The predicted molar refractivity (Wildman–Crippen MR) is 67.4 cm³/mol. The zero-order valence-electron chi connectivity index (χ0n) is 10.1. The number of hydrogen-bond acceptors (Lipinski definition) is 3. The second-order valence-electron chi connectivity index (χ2n) is 4.57. The summed E-state index contributed by atoms with van der Waals surface area (Å²) in [7, 11) is 1.75. The van der Waals surface area contributed by atoms with Gasteiger partial charge >= 0.3 is 0 Å². The molecule has 1 aromatic rings. The van der Waals surface area contributed by atoms with Gasteiger partial charge in [0.25, 0.3) is 0 Å². The first-order valence-corrected chi connectivity index (χ1v) is 6.50. The van der Waals surface area contributed by atoms with Crippen LogP contribution in [0.3, 0.4) is 0 Å². The van der Waals surface area contributed by atoms with Gasteiger partial charge in [-0.05, 0) is 25.8 Å². The normalized spacial score (nSPS) is 20.5. The Morgan fingerprint density at radius 3 is 3.06 bits per heavy atom. The van der Waals surface area contributed by atoms with E-state index in [0.717, 1.165) is 13.0 Å². The summed E-state index contributed by atoms with van der Waals surface area (Å²) in [6.45, 7) is 1.07. The van der Waals surface area contributed by atoms with Gasteiger partial charge in [0.1, 0.15) is 5.69 Å². The fraction of sp³-hybridized carbons (Fsp3) is 0.667.